The van der Waals surface area contributed by atoms with Gasteiger partial charge in [-0.3, -0.25) is 9.59 Å². The summed E-state index contributed by atoms with van der Waals surface area (Å²) >= 11 is 0. The summed E-state index contributed by atoms with van der Waals surface area (Å²) in [5.74, 6) is 0.485. The number of nitrogens with two attached hydrogens (primary N) is 1. The Bertz CT molecular complexity index is 1020. The number of anilines is 2. The fourth-order valence-electron chi connectivity index (χ4n) is 3.48. The molecule has 1 aliphatic rings. The zero-order chi connectivity index (χ0) is 20.2. The summed E-state index contributed by atoms with van der Waals surface area (Å²) in [5.41, 5.74) is 6.14. The Morgan fingerprint density at radius 3 is 2.76 bits per heavy atom. The van der Waals surface area contributed by atoms with E-state index >= 15 is 0 Å². The molecule has 29 heavy (non-hydrogen) atoms. The van der Waals surface area contributed by atoms with Crippen molar-refractivity contribution in [1.82, 2.24) is 19.7 Å². The molecule has 148 valence electrons. The second-order valence-corrected chi connectivity index (χ2v) is 6.87. The van der Waals surface area contributed by atoms with Crippen molar-refractivity contribution in [3.63, 3.8) is 0 Å². The highest BCUT2D eigenvalue weighted by atomic mass is 16.2. The Hall–Kier alpha value is -3.75. The molecule has 0 spiro atoms. The molecule has 1 aromatic carbocycles. The number of para-hydroxylation sites is 1. The SMILES string of the molecule is NC(=O)c1ccccc1NC(=O)C1CCCN(c2cc(-n3cccn3)ncn2)C1. The van der Waals surface area contributed by atoms with Crippen molar-refractivity contribution in [2.24, 2.45) is 11.7 Å². The van der Waals surface area contributed by atoms with Crippen LogP contribution in [0.2, 0.25) is 0 Å². The topological polar surface area (TPSA) is 119 Å². The Labute approximate surface area is 167 Å². The first-order chi connectivity index (χ1) is 14.1. The zero-order valence-corrected chi connectivity index (χ0v) is 15.7. The molecule has 0 aliphatic carbocycles. The number of hydrogen-bond acceptors (Lipinski definition) is 6. The van der Waals surface area contributed by atoms with Crippen LogP contribution in [0.5, 0.6) is 0 Å². The molecule has 2 aromatic heterocycles. The number of carbonyl (C=O) groups is 2. The van der Waals surface area contributed by atoms with Crippen molar-refractivity contribution < 1.29 is 9.59 Å². The van der Waals surface area contributed by atoms with Gasteiger partial charge in [-0.2, -0.15) is 5.10 Å². The van der Waals surface area contributed by atoms with Crippen LogP contribution in [-0.4, -0.2) is 44.7 Å². The van der Waals surface area contributed by atoms with E-state index in [0.717, 1.165) is 25.2 Å². The number of nitrogens with one attached hydrogen (secondary N) is 1. The molecule has 4 rings (SSSR count). The lowest BCUT2D eigenvalue weighted by atomic mass is 9.96. The Kier molecular flexibility index (Phi) is 5.19. The number of hydrogen-bond donors (Lipinski definition) is 2. The minimum absolute atomic E-state index is 0.134. The third-order valence-corrected chi connectivity index (χ3v) is 4.94. The summed E-state index contributed by atoms with van der Waals surface area (Å²) in [6, 6.07) is 10.4. The molecular formula is C20H21N7O2. The van der Waals surface area contributed by atoms with Crippen molar-refractivity contribution in [1.29, 1.82) is 0 Å². The van der Waals surface area contributed by atoms with Crippen LogP contribution in [0.25, 0.3) is 5.82 Å². The van der Waals surface area contributed by atoms with Crippen LogP contribution in [0.3, 0.4) is 0 Å². The second kappa shape index (κ2) is 8.09. The maximum Gasteiger partial charge on any atom is 0.250 e. The number of nitrogens with zero attached hydrogens (tertiary/aromatic N) is 5. The van der Waals surface area contributed by atoms with Gasteiger partial charge in [-0.05, 0) is 31.0 Å². The number of piperidine rings is 1. The average Bonchev–Trinajstić information content (AvgIpc) is 3.29. The molecule has 0 bridgehead atoms. The Balaban J connectivity index is 1.48. The van der Waals surface area contributed by atoms with Gasteiger partial charge in [0.1, 0.15) is 12.1 Å². The van der Waals surface area contributed by atoms with Gasteiger partial charge >= 0.3 is 0 Å². The lowest BCUT2D eigenvalue weighted by molar-refractivity contribution is -0.120. The summed E-state index contributed by atoms with van der Waals surface area (Å²) in [6.45, 7) is 1.33. The molecule has 0 radical (unpaired) electrons. The van der Waals surface area contributed by atoms with Gasteiger partial charge in [-0.25, -0.2) is 14.6 Å². The number of rotatable bonds is 5. The molecule has 1 unspecified atom stereocenters. The molecule has 0 saturated carbocycles. The summed E-state index contributed by atoms with van der Waals surface area (Å²) in [6.07, 6.45) is 6.62. The van der Waals surface area contributed by atoms with Gasteiger partial charge in [-0.1, -0.05) is 12.1 Å². The van der Waals surface area contributed by atoms with E-state index in [1.165, 1.54) is 6.33 Å². The largest absolute Gasteiger partial charge is 0.366 e. The highest BCUT2D eigenvalue weighted by molar-refractivity contribution is 6.03. The molecule has 1 aliphatic heterocycles. The molecule has 1 atom stereocenters. The van der Waals surface area contributed by atoms with Crippen LogP contribution >= 0.6 is 0 Å². The number of primary amides is 1. The third kappa shape index (κ3) is 4.08. The standard InChI is InChI=1S/C20H21N7O2/c21-19(28)15-6-1-2-7-16(15)25-20(29)14-5-3-9-26(12-14)17-11-18(23-13-22-17)27-10-4-8-24-27/h1-2,4,6-8,10-11,13-14H,3,5,9,12H2,(H2,21,28)(H,25,29). The molecule has 3 heterocycles. The van der Waals surface area contributed by atoms with E-state index in [0.29, 0.717) is 23.6 Å². The van der Waals surface area contributed by atoms with Gasteiger partial charge in [0.05, 0.1) is 17.2 Å². The molecule has 3 N–H and O–H groups in total. The first-order valence-corrected chi connectivity index (χ1v) is 9.38. The lowest BCUT2D eigenvalue weighted by Gasteiger charge is -2.33. The van der Waals surface area contributed by atoms with E-state index in [2.05, 4.69) is 25.3 Å². The first-order valence-electron chi connectivity index (χ1n) is 9.38. The quantitative estimate of drug-likeness (QED) is 0.682. The van der Waals surface area contributed by atoms with E-state index < -0.39 is 5.91 Å². The van der Waals surface area contributed by atoms with Crippen LogP contribution in [-0.2, 0) is 4.79 Å². The van der Waals surface area contributed by atoms with E-state index in [1.807, 2.05) is 18.3 Å². The molecule has 9 heteroatoms. The van der Waals surface area contributed by atoms with Gasteiger partial charge in [0, 0.05) is 31.5 Å². The number of aromatic nitrogens is 4. The van der Waals surface area contributed by atoms with Crippen LogP contribution in [0, 0.1) is 5.92 Å². The van der Waals surface area contributed by atoms with E-state index in [-0.39, 0.29) is 11.8 Å². The van der Waals surface area contributed by atoms with Crippen LogP contribution in [0.15, 0.2) is 55.1 Å². The van der Waals surface area contributed by atoms with E-state index in [4.69, 9.17) is 5.73 Å². The van der Waals surface area contributed by atoms with Gasteiger partial charge in [0.25, 0.3) is 5.91 Å². The second-order valence-electron chi connectivity index (χ2n) is 6.87. The van der Waals surface area contributed by atoms with E-state index in [9.17, 15) is 9.59 Å². The fraction of sp³-hybridized carbons (Fsp3) is 0.250. The molecule has 3 aromatic rings. The van der Waals surface area contributed by atoms with Crippen LogP contribution < -0.4 is 16.0 Å². The normalized spacial score (nSPS) is 16.4. The van der Waals surface area contributed by atoms with Crippen molar-refractivity contribution >= 4 is 23.3 Å². The summed E-state index contributed by atoms with van der Waals surface area (Å²) < 4.78 is 1.67. The van der Waals surface area contributed by atoms with Crippen molar-refractivity contribution in [3.8, 4) is 5.82 Å². The van der Waals surface area contributed by atoms with Gasteiger partial charge in [-0.15, -0.1) is 0 Å². The highest BCUT2D eigenvalue weighted by Gasteiger charge is 2.27. The van der Waals surface area contributed by atoms with Crippen molar-refractivity contribution in [2.45, 2.75) is 12.8 Å². The summed E-state index contributed by atoms with van der Waals surface area (Å²) in [5, 5.41) is 7.05. The predicted octanol–water partition coefficient (Wildman–Crippen LogP) is 1.62. The maximum atomic E-state index is 12.8. The molecule has 2 amide bonds. The monoisotopic (exact) mass is 391 g/mol. The van der Waals surface area contributed by atoms with Crippen molar-refractivity contribution in [2.75, 3.05) is 23.3 Å². The summed E-state index contributed by atoms with van der Waals surface area (Å²) in [7, 11) is 0. The first kappa shape index (κ1) is 18.6. The van der Waals surface area contributed by atoms with E-state index in [1.54, 1.807) is 35.1 Å². The van der Waals surface area contributed by atoms with Gasteiger partial charge < -0.3 is 16.0 Å². The number of amides is 2. The minimum Gasteiger partial charge on any atom is -0.366 e. The lowest BCUT2D eigenvalue weighted by Crippen LogP contribution is -2.41. The van der Waals surface area contributed by atoms with Gasteiger partial charge in [0.2, 0.25) is 5.91 Å². The van der Waals surface area contributed by atoms with Gasteiger partial charge in [0.15, 0.2) is 5.82 Å². The fourth-order valence-corrected chi connectivity index (χ4v) is 3.48. The molecule has 1 fully saturated rings. The summed E-state index contributed by atoms with van der Waals surface area (Å²) in [4.78, 5) is 35.1. The molecule has 9 nitrogen and oxygen atoms in total. The maximum absolute atomic E-state index is 12.8. The smallest absolute Gasteiger partial charge is 0.250 e. The minimum atomic E-state index is -0.571. The molecular weight excluding hydrogens is 370 g/mol. The number of carbonyl (C=O) groups excluding carboxylic acids is 2. The Morgan fingerprint density at radius 2 is 1.97 bits per heavy atom. The third-order valence-electron chi connectivity index (χ3n) is 4.94. The molecule has 1 saturated heterocycles. The van der Waals surface area contributed by atoms with Crippen LogP contribution in [0.1, 0.15) is 23.2 Å². The predicted molar refractivity (Wildman–Crippen MR) is 108 cm³/mol. The van der Waals surface area contributed by atoms with Crippen LogP contribution in [0.4, 0.5) is 11.5 Å². The van der Waals surface area contributed by atoms with Crippen molar-refractivity contribution in [3.05, 3.63) is 60.7 Å². The zero-order valence-electron chi connectivity index (χ0n) is 15.7. The Morgan fingerprint density at radius 1 is 1.14 bits per heavy atom. The average molecular weight is 391 g/mol. The number of benzene rings is 1. The highest BCUT2D eigenvalue weighted by Crippen LogP contribution is 2.24.